The van der Waals surface area contributed by atoms with Gasteiger partial charge < -0.3 is 5.32 Å². The molecular formula is C19H22ClFN2O3S2. The Balaban J connectivity index is 1.54. The minimum Gasteiger partial charge on any atom is -0.352 e. The van der Waals surface area contributed by atoms with E-state index in [1.54, 1.807) is 24.3 Å². The summed E-state index contributed by atoms with van der Waals surface area (Å²) in [5.41, 5.74) is 0.443. The van der Waals surface area contributed by atoms with E-state index in [1.807, 2.05) is 6.92 Å². The molecule has 1 fully saturated rings. The molecule has 1 saturated heterocycles. The fraction of sp³-hybridized carbons (Fsp3) is 0.421. The van der Waals surface area contributed by atoms with E-state index in [1.165, 1.54) is 16.4 Å². The quantitative estimate of drug-likeness (QED) is 0.734. The van der Waals surface area contributed by atoms with Gasteiger partial charge in [-0.25, -0.2) is 12.8 Å². The molecule has 0 saturated carbocycles. The lowest BCUT2D eigenvalue weighted by atomic mass is 9.85. The molecule has 1 aromatic carbocycles. The number of piperidine rings is 1. The topological polar surface area (TPSA) is 66.5 Å². The van der Waals surface area contributed by atoms with Gasteiger partial charge in [0.1, 0.15) is 10.0 Å². The molecule has 0 radical (unpaired) electrons. The van der Waals surface area contributed by atoms with Crippen LogP contribution in [0.25, 0.3) is 0 Å². The summed E-state index contributed by atoms with van der Waals surface area (Å²) in [5.74, 6) is -0.677. The van der Waals surface area contributed by atoms with Gasteiger partial charge in [0.15, 0.2) is 0 Å². The van der Waals surface area contributed by atoms with Crippen molar-refractivity contribution in [2.24, 2.45) is 11.8 Å². The molecule has 2 heterocycles. The van der Waals surface area contributed by atoms with Crippen LogP contribution in [-0.4, -0.2) is 31.7 Å². The predicted octanol–water partition coefficient (Wildman–Crippen LogP) is 3.89. The van der Waals surface area contributed by atoms with E-state index in [4.69, 9.17) is 11.6 Å². The number of rotatable bonds is 6. The van der Waals surface area contributed by atoms with Crippen LogP contribution in [0.4, 0.5) is 4.39 Å². The number of benzene rings is 1. The zero-order valence-electron chi connectivity index (χ0n) is 15.4. The van der Waals surface area contributed by atoms with Crippen LogP contribution in [0.2, 0.25) is 4.34 Å². The fourth-order valence-corrected chi connectivity index (χ4v) is 6.49. The maximum Gasteiger partial charge on any atom is 0.252 e. The number of amides is 1. The first-order valence-corrected chi connectivity index (χ1v) is 11.7. The number of hydrogen-bond donors (Lipinski definition) is 1. The number of hydrogen-bond acceptors (Lipinski definition) is 4. The highest BCUT2D eigenvalue weighted by molar-refractivity contribution is 7.91. The van der Waals surface area contributed by atoms with Gasteiger partial charge in [-0.1, -0.05) is 36.7 Å². The molecule has 0 spiro atoms. The second kappa shape index (κ2) is 8.90. The SMILES string of the molecule is CC(C(=O)NCc1ccccc1F)C1CCN(S(=O)(=O)c2ccc(Cl)s2)CC1. The molecule has 152 valence electrons. The highest BCUT2D eigenvalue weighted by atomic mass is 35.5. The van der Waals surface area contributed by atoms with Crippen LogP contribution in [-0.2, 0) is 21.4 Å². The average Bonchev–Trinajstić information content (AvgIpc) is 3.14. The molecule has 28 heavy (non-hydrogen) atoms. The second-order valence-corrected chi connectivity index (χ2v) is 10.8. The van der Waals surface area contributed by atoms with Gasteiger partial charge in [-0.05, 0) is 37.0 Å². The Bertz CT molecular complexity index is 940. The molecule has 1 N–H and O–H groups in total. The van der Waals surface area contributed by atoms with Gasteiger partial charge in [0.25, 0.3) is 10.0 Å². The van der Waals surface area contributed by atoms with Gasteiger partial charge in [-0.2, -0.15) is 4.31 Å². The third-order valence-corrected chi connectivity index (χ3v) is 8.77. The molecule has 1 aliphatic heterocycles. The lowest BCUT2D eigenvalue weighted by Gasteiger charge is -2.33. The summed E-state index contributed by atoms with van der Waals surface area (Å²) >= 11 is 6.90. The van der Waals surface area contributed by atoms with Crippen molar-refractivity contribution in [3.8, 4) is 0 Å². The van der Waals surface area contributed by atoms with E-state index < -0.39 is 10.0 Å². The standard InChI is InChI=1S/C19H22ClFN2O3S2/c1-13(19(24)22-12-15-4-2-3-5-16(15)21)14-8-10-23(11-9-14)28(25,26)18-7-6-17(20)27-18/h2-7,13-14H,8-12H2,1H3,(H,22,24). The second-order valence-electron chi connectivity index (χ2n) is 6.90. The van der Waals surface area contributed by atoms with Crippen LogP contribution in [0.5, 0.6) is 0 Å². The smallest absolute Gasteiger partial charge is 0.252 e. The van der Waals surface area contributed by atoms with Crippen LogP contribution in [0.1, 0.15) is 25.3 Å². The highest BCUT2D eigenvalue weighted by Gasteiger charge is 2.34. The number of carbonyl (C=O) groups is 1. The Kier molecular flexibility index (Phi) is 6.75. The van der Waals surface area contributed by atoms with Crippen LogP contribution in [0.3, 0.4) is 0 Å². The van der Waals surface area contributed by atoms with Gasteiger partial charge in [-0.3, -0.25) is 4.79 Å². The molecule has 1 aromatic heterocycles. The third kappa shape index (κ3) is 4.74. The van der Waals surface area contributed by atoms with Crippen LogP contribution < -0.4 is 5.32 Å². The van der Waals surface area contributed by atoms with E-state index in [9.17, 15) is 17.6 Å². The first-order chi connectivity index (χ1) is 13.3. The normalized spacial score (nSPS) is 17.4. The molecule has 1 atom stereocenters. The highest BCUT2D eigenvalue weighted by Crippen LogP contribution is 2.32. The zero-order valence-corrected chi connectivity index (χ0v) is 17.8. The molecule has 2 aromatic rings. The molecule has 5 nitrogen and oxygen atoms in total. The van der Waals surface area contributed by atoms with E-state index in [0.29, 0.717) is 35.8 Å². The summed E-state index contributed by atoms with van der Waals surface area (Å²) in [4.78, 5) is 12.5. The summed E-state index contributed by atoms with van der Waals surface area (Å²) < 4.78 is 41.1. The van der Waals surface area contributed by atoms with Crippen molar-refractivity contribution in [2.45, 2.75) is 30.5 Å². The largest absolute Gasteiger partial charge is 0.352 e. The molecule has 3 rings (SSSR count). The van der Waals surface area contributed by atoms with Crippen LogP contribution >= 0.6 is 22.9 Å². The molecular weight excluding hydrogens is 423 g/mol. The first-order valence-electron chi connectivity index (χ1n) is 9.05. The number of nitrogens with one attached hydrogen (secondary N) is 1. The summed E-state index contributed by atoms with van der Waals surface area (Å²) in [6.07, 6.45) is 1.21. The number of halogens is 2. The van der Waals surface area contributed by atoms with Crippen molar-refractivity contribution < 1.29 is 17.6 Å². The maximum absolute atomic E-state index is 13.7. The van der Waals surface area contributed by atoms with Gasteiger partial charge in [0.05, 0.1) is 4.34 Å². The lowest BCUT2D eigenvalue weighted by Crippen LogP contribution is -2.42. The fourth-order valence-electron chi connectivity index (χ4n) is 3.38. The molecule has 1 aliphatic rings. The van der Waals surface area contributed by atoms with Gasteiger partial charge in [0, 0.05) is 31.1 Å². The minimum absolute atomic E-state index is 0.0824. The Labute approximate surface area is 173 Å². The summed E-state index contributed by atoms with van der Waals surface area (Å²) in [6, 6.07) is 9.43. The number of carbonyl (C=O) groups excluding carboxylic acids is 1. The number of nitrogens with zero attached hydrogens (tertiary/aromatic N) is 1. The Morgan fingerprint density at radius 2 is 1.96 bits per heavy atom. The van der Waals surface area contributed by atoms with E-state index in [0.717, 1.165) is 11.3 Å². The minimum atomic E-state index is -3.54. The van der Waals surface area contributed by atoms with Crippen molar-refractivity contribution in [3.63, 3.8) is 0 Å². The van der Waals surface area contributed by atoms with Crippen molar-refractivity contribution >= 4 is 38.9 Å². The van der Waals surface area contributed by atoms with Gasteiger partial charge in [0.2, 0.25) is 5.91 Å². The molecule has 1 amide bonds. The monoisotopic (exact) mass is 444 g/mol. The van der Waals surface area contributed by atoms with Crippen LogP contribution in [0, 0.1) is 17.7 Å². The Morgan fingerprint density at radius 1 is 1.29 bits per heavy atom. The van der Waals surface area contributed by atoms with Crippen molar-refractivity contribution in [1.82, 2.24) is 9.62 Å². The molecule has 0 bridgehead atoms. The van der Waals surface area contributed by atoms with Crippen molar-refractivity contribution in [1.29, 1.82) is 0 Å². The molecule has 0 aliphatic carbocycles. The first kappa shape index (κ1) is 21.2. The van der Waals surface area contributed by atoms with Crippen molar-refractivity contribution in [3.05, 3.63) is 52.1 Å². The summed E-state index contributed by atoms with van der Waals surface area (Å²) in [5, 5.41) is 2.78. The van der Waals surface area contributed by atoms with Crippen LogP contribution in [0.15, 0.2) is 40.6 Å². The van der Waals surface area contributed by atoms with Gasteiger partial charge in [-0.15, -0.1) is 11.3 Å². The average molecular weight is 445 g/mol. The van der Waals surface area contributed by atoms with E-state index >= 15 is 0 Å². The Morgan fingerprint density at radius 3 is 2.57 bits per heavy atom. The Hall–Kier alpha value is -1.48. The van der Waals surface area contributed by atoms with Gasteiger partial charge >= 0.3 is 0 Å². The number of thiophene rings is 1. The predicted molar refractivity (Wildman–Crippen MR) is 108 cm³/mol. The molecule has 1 unspecified atom stereocenters. The maximum atomic E-state index is 13.7. The van der Waals surface area contributed by atoms with E-state index in [2.05, 4.69) is 5.32 Å². The summed E-state index contributed by atoms with van der Waals surface area (Å²) in [7, 11) is -3.54. The lowest BCUT2D eigenvalue weighted by molar-refractivity contribution is -0.126. The third-order valence-electron chi connectivity index (χ3n) is 5.17. The number of sulfonamides is 1. The van der Waals surface area contributed by atoms with E-state index in [-0.39, 0.29) is 34.3 Å². The zero-order chi connectivity index (χ0) is 20.3. The summed E-state index contributed by atoms with van der Waals surface area (Å²) in [6.45, 7) is 2.72. The molecule has 9 heteroatoms. The van der Waals surface area contributed by atoms with Crippen molar-refractivity contribution in [2.75, 3.05) is 13.1 Å².